The minimum Gasteiger partial charge on any atom is -0.309 e. The summed E-state index contributed by atoms with van der Waals surface area (Å²) in [6.07, 6.45) is 0. The Hall–Kier alpha value is -1.18. The Balaban J connectivity index is 2.15. The fourth-order valence-corrected chi connectivity index (χ4v) is 3.03. The number of benzene rings is 2. The van der Waals surface area contributed by atoms with Gasteiger partial charge in [-0.2, -0.15) is 5.26 Å². The number of hydrogen-bond acceptors (Lipinski definition) is 3. The topological polar surface area (TPSA) is 49.8 Å². The van der Waals surface area contributed by atoms with Crippen LogP contribution in [-0.2, 0) is 5.54 Å². The number of nitrogens with two attached hydrogens (primary N) is 1. The molecule has 1 atom stereocenters. The monoisotopic (exact) mass is 322 g/mol. The van der Waals surface area contributed by atoms with Gasteiger partial charge in [0, 0.05) is 10.6 Å². The van der Waals surface area contributed by atoms with E-state index in [1.54, 1.807) is 12.1 Å². The van der Waals surface area contributed by atoms with Crippen molar-refractivity contribution in [1.29, 1.82) is 5.26 Å². The fraction of sp³-hybridized carbons (Fsp3) is 0.133. The Morgan fingerprint density at radius 2 is 1.80 bits per heavy atom. The summed E-state index contributed by atoms with van der Waals surface area (Å²) >= 11 is 13.3. The maximum atomic E-state index is 9.38. The van der Waals surface area contributed by atoms with E-state index in [0.717, 1.165) is 10.5 Å². The van der Waals surface area contributed by atoms with Gasteiger partial charge in [-0.05, 0) is 23.8 Å². The van der Waals surface area contributed by atoms with Crippen LogP contribution in [0.3, 0.4) is 0 Å². The van der Waals surface area contributed by atoms with Gasteiger partial charge in [0.15, 0.2) is 0 Å². The molecule has 0 aliphatic heterocycles. The summed E-state index contributed by atoms with van der Waals surface area (Å²) in [5.41, 5.74) is 5.96. The molecule has 1 unspecified atom stereocenters. The minimum atomic E-state index is -1.03. The molecule has 2 rings (SSSR count). The van der Waals surface area contributed by atoms with E-state index in [9.17, 15) is 5.26 Å². The average Bonchev–Trinajstić information content (AvgIpc) is 2.49. The lowest BCUT2D eigenvalue weighted by molar-refractivity contribution is 0.659. The largest absolute Gasteiger partial charge is 0.309 e. The van der Waals surface area contributed by atoms with Crippen LogP contribution >= 0.6 is 35.0 Å². The van der Waals surface area contributed by atoms with E-state index in [0.29, 0.717) is 15.8 Å². The van der Waals surface area contributed by atoms with Crippen molar-refractivity contribution < 1.29 is 0 Å². The van der Waals surface area contributed by atoms with Crippen molar-refractivity contribution >= 4 is 35.0 Å². The number of rotatable bonds is 4. The molecular weight excluding hydrogens is 311 g/mol. The van der Waals surface area contributed by atoms with Crippen molar-refractivity contribution in [1.82, 2.24) is 0 Å². The molecule has 0 saturated carbocycles. The van der Waals surface area contributed by atoms with Crippen molar-refractivity contribution in [3.8, 4) is 6.07 Å². The van der Waals surface area contributed by atoms with Gasteiger partial charge in [0.2, 0.25) is 0 Å². The smallest absolute Gasteiger partial charge is 0.139 e. The SMILES string of the molecule is N#CC(N)(CSc1ccc(Cl)c(Cl)c1)c1ccccc1. The van der Waals surface area contributed by atoms with Crippen LogP contribution in [0.1, 0.15) is 5.56 Å². The van der Waals surface area contributed by atoms with Crippen LogP contribution in [0.15, 0.2) is 53.4 Å². The third-order valence-electron chi connectivity index (χ3n) is 2.85. The van der Waals surface area contributed by atoms with Crippen molar-refractivity contribution in [2.45, 2.75) is 10.4 Å². The summed E-state index contributed by atoms with van der Waals surface area (Å²) in [5, 5.41) is 10.4. The van der Waals surface area contributed by atoms with E-state index in [1.807, 2.05) is 36.4 Å². The van der Waals surface area contributed by atoms with E-state index < -0.39 is 5.54 Å². The van der Waals surface area contributed by atoms with Crippen LogP contribution < -0.4 is 5.73 Å². The number of thioether (sulfide) groups is 1. The van der Waals surface area contributed by atoms with Crippen LogP contribution in [0.5, 0.6) is 0 Å². The Kier molecular flexibility index (Phi) is 4.95. The number of hydrogen-bond donors (Lipinski definition) is 1. The molecular formula is C15H12Cl2N2S. The normalized spacial score (nSPS) is 13.5. The predicted octanol–water partition coefficient (Wildman–Crippen LogP) is 4.46. The molecule has 2 aromatic rings. The van der Waals surface area contributed by atoms with Crippen molar-refractivity contribution in [2.24, 2.45) is 5.73 Å². The maximum Gasteiger partial charge on any atom is 0.139 e. The van der Waals surface area contributed by atoms with Gasteiger partial charge in [-0.3, -0.25) is 0 Å². The number of nitriles is 1. The molecule has 0 heterocycles. The zero-order valence-corrected chi connectivity index (χ0v) is 12.8. The second kappa shape index (κ2) is 6.51. The van der Waals surface area contributed by atoms with Crippen LogP contribution in [0.2, 0.25) is 10.0 Å². The number of nitrogens with zero attached hydrogens (tertiary/aromatic N) is 1. The van der Waals surface area contributed by atoms with Gasteiger partial charge in [-0.25, -0.2) is 0 Å². The first-order chi connectivity index (χ1) is 9.55. The van der Waals surface area contributed by atoms with Crippen molar-refractivity contribution in [3.05, 3.63) is 64.1 Å². The molecule has 0 aromatic heterocycles. The molecule has 0 aliphatic rings. The highest BCUT2D eigenvalue weighted by atomic mass is 35.5. The van der Waals surface area contributed by atoms with E-state index in [-0.39, 0.29) is 0 Å². The summed E-state index contributed by atoms with van der Waals surface area (Å²) < 4.78 is 0. The molecule has 2 nitrogen and oxygen atoms in total. The van der Waals surface area contributed by atoms with Crippen molar-refractivity contribution in [2.75, 3.05) is 5.75 Å². The third kappa shape index (κ3) is 3.47. The van der Waals surface area contributed by atoms with Gasteiger partial charge in [0.25, 0.3) is 0 Å². The van der Waals surface area contributed by atoms with Gasteiger partial charge in [-0.1, -0.05) is 53.5 Å². The quantitative estimate of drug-likeness (QED) is 0.845. The average molecular weight is 323 g/mol. The highest BCUT2D eigenvalue weighted by Gasteiger charge is 2.27. The van der Waals surface area contributed by atoms with Crippen LogP contribution in [0, 0.1) is 11.3 Å². The fourth-order valence-electron chi connectivity index (χ4n) is 1.68. The van der Waals surface area contributed by atoms with Crippen LogP contribution in [0.25, 0.3) is 0 Å². The lowest BCUT2D eigenvalue weighted by Gasteiger charge is -2.21. The number of halogens is 2. The lowest BCUT2D eigenvalue weighted by Crippen LogP contribution is -2.37. The second-order valence-electron chi connectivity index (χ2n) is 4.31. The highest BCUT2D eigenvalue weighted by molar-refractivity contribution is 7.99. The van der Waals surface area contributed by atoms with Gasteiger partial charge in [0.05, 0.1) is 16.1 Å². The molecule has 0 amide bonds. The molecule has 0 spiro atoms. The first-order valence-corrected chi connectivity index (χ1v) is 7.63. The molecule has 20 heavy (non-hydrogen) atoms. The van der Waals surface area contributed by atoms with Gasteiger partial charge < -0.3 is 5.73 Å². The third-order valence-corrected chi connectivity index (χ3v) is 4.77. The maximum absolute atomic E-state index is 9.38. The summed E-state index contributed by atoms with van der Waals surface area (Å²) in [4.78, 5) is 0.931. The Labute approximate surface area is 132 Å². The molecule has 2 aromatic carbocycles. The first-order valence-electron chi connectivity index (χ1n) is 5.89. The van der Waals surface area contributed by atoms with Gasteiger partial charge >= 0.3 is 0 Å². The second-order valence-corrected chi connectivity index (χ2v) is 6.18. The zero-order chi connectivity index (χ0) is 14.6. The highest BCUT2D eigenvalue weighted by Crippen LogP contribution is 2.31. The summed E-state index contributed by atoms with van der Waals surface area (Å²) in [6.45, 7) is 0. The molecule has 2 N–H and O–H groups in total. The minimum absolute atomic E-state index is 0.436. The Bertz CT molecular complexity index is 640. The Morgan fingerprint density at radius 3 is 2.40 bits per heavy atom. The Morgan fingerprint density at radius 1 is 1.10 bits per heavy atom. The molecule has 5 heteroatoms. The molecule has 0 bridgehead atoms. The van der Waals surface area contributed by atoms with Crippen molar-refractivity contribution in [3.63, 3.8) is 0 Å². The predicted molar refractivity (Wildman–Crippen MR) is 85.1 cm³/mol. The van der Waals surface area contributed by atoms with E-state index in [4.69, 9.17) is 28.9 Å². The van der Waals surface area contributed by atoms with Crippen LogP contribution in [0.4, 0.5) is 0 Å². The molecule has 0 fully saturated rings. The van der Waals surface area contributed by atoms with Gasteiger partial charge in [0.1, 0.15) is 5.54 Å². The van der Waals surface area contributed by atoms with E-state index >= 15 is 0 Å². The summed E-state index contributed by atoms with van der Waals surface area (Å²) in [5.74, 6) is 0.436. The van der Waals surface area contributed by atoms with E-state index in [2.05, 4.69) is 6.07 Å². The van der Waals surface area contributed by atoms with Gasteiger partial charge in [-0.15, -0.1) is 11.8 Å². The molecule has 0 aliphatic carbocycles. The molecule has 0 radical (unpaired) electrons. The summed E-state index contributed by atoms with van der Waals surface area (Å²) in [7, 11) is 0. The molecule has 0 saturated heterocycles. The van der Waals surface area contributed by atoms with E-state index in [1.165, 1.54) is 11.8 Å². The standard InChI is InChI=1S/C15H12Cl2N2S/c16-13-7-6-12(8-14(13)17)20-10-15(19,9-18)11-4-2-1-3-5-11/h1-8H,10,19H2. The summed E-state index contributed by atoms with van der Waals surface area (Å²) in [6, 6.07) is 16.9. The lowest BCUT2D eigenvalue weighted by atomic mass is 9.95. The van der Waals surface area contributed by atoms with Crippen LogP contribution in [-0.4, -0.2) is 5.75 Å². The first kappa shape index (κ1) is 15.2. The zero-order valence-electron chi connectivity index (χ0n) is 10.5. The molecule has 102 valence electrons.